The molecule has 0 unspecified atom stereocenters. The Morgan fingerprint density at radius 3 is 2.71 bits per heavy atom. The fourth-order valence-corrected chi connectivity index (χ4v) is 1.62. The van der Waals surface area contributed by atoms with Crippen LogP contribution in [0.2, 0.25) is 5.02 Å². The molecule has 14 heavy (non-hydrogen) atoms. The van der Waals surface area contributed by atoms with Crippen molar-refractivity contribution < 1.29 is 9.53 Å². The van der Waals surface area contributed by atoms with Crippen LogP contribution in [0.25, 0.3) is 0 Å². The lowest BCUT2D eigenvalue weighted by atomic mass is 10.0. The number of aryl methyl sites for hydroxylation is 1. The molecule has 2 N–H and O–H groups in total. The molecule has 1 rings (SSSR count). The molecule has 0 aliphatic rings. The SMILES string of the molecule is COC(=O)[C@@H](N)c1c(C)cccc1Cl. The van der Waals surface area contributed by atoms with Gasteiger partial charge >= 0.3 is 5.97 Å². The van der Waals surface area contributed by atoms with Crippen molar-refractivity contribution in [2.45, 2.75) is 13.0 Å². The van der Waals surface area contributed by atoms with Crippen molar-refractivity contribution in [3.8, 4) is 0 Å². The normalized spacial score (nSPS) is 12.3. The van der Waals surface area contributed by atoms with Gasteiger partial charge in [0.25, 0.3) is 0 Å². The second-order valence-corrected chi connectivity index (χ2v) is 3.38. The average molecular weight is 214 g/mol. The van der Waals surface area contributed by atoms with E-state index in [1.165, 1.54) is 7.11 Å². The number of hydrogen-bond acceptors (Lipinski definition) is 3. The van der Waals surface area contributed by atoms with Gasteiger partial charge < -0.3 is 10.5 Å². The third kappa shape index (κ3) is 2.05. The molecule has 3 nitrogen and oxygen atoms in total. The molecular formula is C10H12ClNO2. The second-order valence-electron chi connectivity index (χ2n) is 2.97. The lowest BCUT2D eigenvalue weighted by Gasteiger charge is -2.13. The first-order chi connectivity index (χ1) is 6.57. The molecule has 1 aromatic rings. The van der Waals surface area contributed by atoms with Crippen LogP contribution in [0.15, 0.2) is 18.2 Å². The predicted molar refractivity (Wildman–Crippen MR) is 55.1 cm³/mol. The monoisotopic (exact) mass is 213 g/mol. The van der Waals surface area contributed by atoms with Gasteiger partial charge in [-0.3, -0.25) is 4.79 Å². The van der Waals surface area contributed by atoms with E-state index >= 15 is 0 Å². The Labute approximate surface area is 87.8 Å². The first-order valence-corrected chi connectivity index (χ1v) is 4.54. The summed E-state index contributed by atoms with van der Waals surface area (Å²) in [5.74, 6) is -0.485. The maximum Gasteiger partial charge on any atom is 0.327 e. The van der Waals surface area contributed by atoms with Gasteiger partial charge in [-0.2, -0.15) is 0 Å². The maximum atomic E-state index is 11.2. The third-order valence-electron chi connectivity index (χ3n) is 2.04. The molecular weight excluding hydrogens is 202 g/mol. The van der Waals surface area contributed by atoms with Gasteiger partial charge in [-0.05, 0) is 18.6 Å². The van der Waals surface area contributed by atoms with Gasteiger partial charge in [0.15, 0.2) is 0 Å². The highest BCUT2D eigenvalue weighted by Crippen LogP contribution is 2.25. The minimum absolute atomic E-state index is 0.485. The second kappa shape index (κ2) is 4.44. The molecule has 0 amide bonds. The lowest BCUT2D eigenvalue weighted by molar-refractivity contribution is -0.142. The fraction of sp³-hybridized carbons (Fsp3) is 0.300. The predicted octanol–water partition coefficient (Wildman–Crippen LogP) is 1.82. The summed E-state index contributed by atoms with van der Waals surface area (Å²) in [6.45, 7) is 1.85. The summed E-state index contributed by atoms with van der Waals surface area (Å²) in [5.41, 5.74) is 7.20. The van der Waals surface area contributed by atoms with Crippen molar-refractivity contribution in [2.75, 3.05) is 7.11 Å². The third-order valence-corrected chi connectivity index (χ3v) is 2.37. The number of hydrogen-bond donors (Lipinski definition) is 1. The zero-order valence-corrected chi connectivity index (χ0v) is 8.84. The van der Waals surface area contributed by atoms with Gasteiger partial charge in [-0.1, -0.05) is 23.7 Å². The molecule has 0 bridgehead atoms. The number of carbonyl (C=O) groups excluding carboxylic acids is 1. The van der Waals surface area contributed by atoms with E-state index in [9.17, 15) is 4.79 Å². The van der Waals surface area contributed by atoms with Crippen LogP contribution in [0.3, 0.4) is 0 Å². The van der Waals surface area contributed by atoms with Crippen LogP contribution in [0, 0.1) is 6.92 Å². The summed E-state index contributed by atoms with van der Waals surface area (Å²) in [6.07, 6.45) is 0. The van der Waals surface area contributed by atoms with Gasteiger partial charge in [0, 0.05) is 10.6 Å². The molecule has 1 aromatic carbocycles. The van der Waals surface area contributed by atoms with Crippen molar-refractivity contribution >= 4 is 17.6 Å². The molecule has 76 valence electrons. The summed E-state index contributed by atoms with van der Waals surface area (Å²) in [7, 11) is 1.30. The van der Waals surface area contributed by atoms with Crippen LogP contribution in [0.5, 0.6) is 0 Å². The van der Waals surface area contributed by atoms with Crippen molar-refractivity contribution in [2.24, 2.45) is 5.73 Å². The van der Waals surface area contributed by atoms with Gasteiger partial charge in [0.05, 0.1) is 7.11 Å². The Morgan fingerprint density at radius 2 is 2.21 bits per heavy atom. The zero-order chi connectivity index (χ0) is 10.7. The number of benzene rings is 1. The van der Waals surface area contributed by atoms with Gasteiger partial charge in [-0.15, -0.1) is 0 Å². The molecule has 0 fully saturated rings. The van der Waals surface area contributed by atoms with Crippen LogP contribution in [-0.4, -0.2) is 13.1 Å². The van der Waals surface area contributed by atoms with E-state index in [0.29, 0.717) is 10.6 Å². The quantitative estimate of drug-likeness (QED) is 0.763. The summed E-state index contributed by atoms with van der Waals surface area (Å²) >= 11 is 5.94. The van der Waals surface area contributed by atoms with Crippen molar-refractivity contribution in [3.63, 3.8) is 0 Å². The van der Waals surface area contributed by atoms with E-state index in [4.69, 9.17) is 17.3 Å². The first-order valence-electron chi connectivity index (χ1n) is 4.16. The van der Waals surface area contributed by atoms with Crippen LogP contribution >= 0.6 is 11.6 Å². The molecule has 0 saturated heterocycles. The van der Waals surface area contributed by atoms with Gasteiger partial charge in [-0.25, -0.2) is 0 Å². The van der Waals surface area contributed by atoms with E-state index < -0.39 is 12.0 Å². The minimum Gasteiger partial charge on any atom is -0.468 e. The standard InChI is InChI=1S/C10H12ClNO2/c1-6-4-3-5-7(11)8(6)9(12)10(13)14-2/h3-5,9H,12H2,1-2H3/t9-/m0/s1. The minimum atomic E-state index is -0.811. The molecule has 0 radical (unpaired) electrons. The van der Waals surface area contributed by atoms with Crippen molar-refractivity contribution in [1.29, 1.82) is 0 Å². The Balaban J connectivity index is 3.11. The Bertz CT molecular complexity index is 332. The highest BCUT2D eigenvalue weighted by atomic mass is 35.5. The highest BCUT2D eigenvalue weighted by molar-refractivity contribution is 6.31. The number of rotatable bonds is 2. The highest BCUT2D eigenvalue weighted by Gasteiger charge is 2.20. The topological polar surface area (TPSA) is 52.3 Å². The number of esters is 1. The van der Waals surface area contributed by atoms with Crippen LogP contribution < -0.4 is 5.73 Å². The fourth-order valence-electron chi connectivity index (χ4n) is 1.28. The summed E-state index contributed by atoms with van der Waals surface area (Å²) in [4.78, 5) is 11.2. The molecule has 1 atom stereocenters. The molecule has 0 spiro atoms. The maximum absolute atomic E-state index is 11.2. The summed E-state index contributed by atoms with van der Waals surface area (Å²) in [6, 6.07) is 4.55. The van der Waals surface area contributed by atoms with Crippen LogP contribution in [0.1, 0.15) is 17.2 Å². The number of nitrogens with two attached hydrogens (primary N) is 1. The number of ether oxygens (including phenoxy) is 1. The van der Waals surface area contributed by atoms with E-state index in [1.807, 2.05) is 19.1 Å². The largest absolute Gasteiger partial charge is 0.468 e. The molecule has 0 aliphatic carbocycles. The molecule has 0 aromatic heterocycles. The summed E-state index contributed by atoms with van der Waals surface area (Å²) in [5, 5.41) is 0.489. The first kappa shape index (κ1) is 11.0. The number of methoxy groups -OCH3 is 1. The smallest absolute Gasteiger partial charge is 0.327 e. The molecule has 4 heteroatoms. The Kier molecular flexibility index (Phi) is 3.49. The molecule has 0 heterocycles. The summed E-state index contributed by atoms with van der Waals surface area (Å²) < 4.78 is 4.55. The van der Waals surface area contributed by atoms with E-state index in [-0.39, 0.29) is 0 Å². The molecule has 0 saturated carbocycles. The Hall–Kier alpha value is -1.06. The number of halogens is 1. The van der Waals surface area contributed by atoms with Crippen molar-refractivity contribution in [3.05, 3.63) is 34.3 Å². The van der Waals surface area contributed by atoms with Crippen LogP contribution in [-0.2, 0) is 9.53 Å². The van der Waals surface area contributed by atoms with E-state index in [1.54, 1.807) is 6.07 Å². The lowest BCUT2D eigenvalue weighted by Crippen LogP contribution is -2.23. The van der Waals surface area contributed by atoms with E-state index in [0.717, 1.165) is 5.56 Å². The Morgan fingerprint density at radius 1 is 1.57 bits per heavy atom. The van der Waals surface area contributed by atoms with Gasteiger partial charge in [0.2, 0.25) is 0 Å². The zero-order valence-electron chi connectivity index (χ0n) is 8.08. The van der Waals surface area contributed by atoms with Crippen LogP contribution in [0.4, 0.5) is 0 Å². The molecule has 0 aliphatic heterocycles. The number of carbonyl (C=O) groups is 1. The van der Waals surface area contributed by atoms with Gasteiger partial charge in [0.1, 0.15) is 6.04 Å². The van der Waals surface area contributed by atoms with Crippen molar-refractivity contribution in [1.82, 2.24) is 0 Å². The van der Waals surface area contributed by atoms with E-state index in [2.05, 4.69) is 4.74 Å². The average Bonchev–Trinajstić information content (AvgIpc) is 2.16.